The van der Waals surface area contributed by atoms with Gasteiger partial charge in [-0.2, -0.15) is 0 Å². The smallest absolute Gasteiger partial charge is 0.339 e. The first kappa shape index (κ1) is 11.6. The van der Waals surface area contributed by atoms with Crippen molar-refractivity contribution < 1.29 is 19.4 Å². The fraction of sp³-hybridized carbons (Fsp3) is 0.200. The molecule has 4 nitrogen and oxygen atoms in total. The highest BCUT2D eigenvalue weighted by Crippen LogP contribution is 2.16. The van der Waals surface area contributed by atoms with Crippen molar-refractivity contribution in [3.63, 3.8) is 0 Å². The van der Waals surface area contributed by atoms with E-state index >= 15 is 0 Å². The van der Waals surface area contributed by atoms with Crippen molar-refractivity contribution in [2.24, 2.45) is 0 Å². The molecule has 0 aliphatic heterocycles. The Bertz CT molecular complexity index is 400. The molecule has 5 heteroatoms. The lowest BCUT2D eigenvalue weighted by Crippen LogP contribution is -2.11. The minimum Gasteiger partial charge on any atom is -0.478 e. The minimum atomic E-state index is -1.16. The molecular formula is C10H10O4S. The Morgan fingerprint density at radius 1 is 1.40 bits per heavy atom. The van der Waals surface area contributed by atoms with Gasteiger partial charge in [0.2, 0.25) is 0 Å². The summed E-state index contributed by atoms with van der Waals surface area (Å²) >= 11 is 4.03. The third-order valence-electron chi connectivity index (χ3n) is 1.73. The molecule has 0 amide bonds. The summed E-state index contributed by atoms with van der Waals surface area (Å²) in [6, 6.07) is 4.22. The van der Waals surface area contributed by atoms with E-state index in [9.17, 15) is 9.59 Å². The summed E-state index contributed by atoms with van der Waals surface area (Å²) in [6.07, 6.45) is 0. The van der Waals surface area contributed by atoms with Crippen LogP contribution in [-0.4, -0.2) is 23.7 Å². The molecule has 0 radical (unpaired) electrons. The monoisotopic (exact) mass is 226 g/mol. The average Bonchev–Trinajstić information content (AvgIpc) is 2.17. The fourth-order valence-electron chi connectivity index (χ4n) is 1.10. The van der Waals surface area contributed by atoms with Crippen LogP contribution in [0.5, 0.6) is 0 Å². The summed E-state index contributed by atoms with van der Waals surface area (Å²) in [5.41, 5.74) is -0.0527. The van der Waals surface area contributed by atoms with E-state index in [0.717, 1.165) is 0 Å². The third-order valence-corrected chi connectivity index (χ3v) is 2.01. The average molecular weight is 226 g/mol. The predicted octanol–water partition coefficient (Wildman–Crippen LogP) is 1.85. The molecule has 0 unspecified atom stereocenters. The van der Waals surface area contributed by atoms with Gasteiger partial charge in [-0.3, -0.25) is 0 Å². The zero-order valence-corrected chi connectivity index (χ0v) is 8.95. The van der Waals surface area contributed by atoms with E-state index in [-0.39, 0.29) is 17.7 Å². The highest BCUT2D eigenvalue weighted by Gasteiger charge is 2.17. The van der Waals surface area contributed by atoms with Crippen LogP contribution in [0.15, 0.2) is 23.1 Å². The van der Waals surface area contributed by atoms with Gasteiger partial charge in [0.1, 0.15) is 0 Å². The van der Waals surface area contributed by atoms with Crippen molar-refractivity contribution in [2.45, 2.75) is 11.8 Å². The molecule has 0 heterocycles. The van der Waals surface area contributed by atoms with E-state index in [1.165, 1.54) is 18.2 Å². The van der Waals surface area contributed by atoms with Crippen LogP contribution in [0.25, 0.3) is 0 Å². The SMILES string of the molecule is CCOC(=O)c1cc(S)ccc1C(=O)O. The Labute approximate surface area is 92.3 Å². The fourth-order valence-corrected chi connectivity index (χ4v) is 1.30. The van der Waals surface area contributed by atoms with Gasteiger partial charge < -0.3 is 9.84 Å². The Hall–Kier alpha value is -1.49. The number of hydrogen-bond acceptors (Lipinski definition) is 4. The number of benzene rings is 1. The number of carboxylic acids is 1. The predicted molar refractivity (Wildman–Crippen MR) is 56.6 cm³/mol. The summed E-state index contributed by atoms with van der Waals surface area (Å²) in [5.74, 6) is -1.81. The summed E-state index contributed by atoms with van der Waals surface area (Å²) in [4.78, 5) is 22.7. The van der Waals surface area contributed by atoms with Crippen molar-refractivity contribution in [3.8, 4) is 0 Å². The van der Waals surface area contributed by atoms with Gasteiger partial charge in [0.25, 0.3) is 0 Å². The van der Waals surface area contributed by atoms with Gasteiger partial charge in [0.15, 0.2) is 0 Å². The molecule has 1 aromatic rings. The summed E-state index contributed by atoms with van der Waals surface area (Å²) in [7, 11) is 0. The van der Waals surface area contributed by atoms with Crippen LogP contribution >= 0.6 is 12.6 Å². The number of thiol groups is 1. The van der Waals surface area contributed by atoms with Crippen molar-refractivity contribution in [2.75, 3.05) is 6.61 Å². The second kappa shape index (κ2) is 4.84. The molecule has 0 saturated heterocycles. The minimum absolute atomic E-state index is 0.0249. The Kier molecular flexibility index (Phi) is 3.74. The maximum atomic E-state index is 11.4. The van der Waals surface area contributed by atoms with Gasteiger partial charge in [-0.05, 0) is 25.1 Å². The number of rotatable bonds is 3. The molecule has 15 heavy (non-hydrogen) atoms. The molecule has 0 aliphatic rings. The van der Waals surface area contributed by atoms with Crippen molar-refractivity contribution in [3.05, 3.63) is 29.3 Å². The molecule has 0 saturated carbocycles. The third kappa shape index (κ3) is 2.73. The number of carboxylic acid groups (broad SMARTS) is 1. The van der Waals surface area contributed by atoms with Crippen LogP contribution in [0.2, 0.25) is 0 Å². The molecule has 1 rings (SSSR count). The lowest BCUT2D eigenvalue weighted by molar-refractivity contribution is 0.0514. The summed E-state index contributed by atoms with van der Waals surface area (Å²) in [5, 5.41) is 8.84. The number of ether oxygens (including phenoxy) is 1. The molecule has 0 bridgehead atoms. The molecule has 1 aromatic carbocycles. The highest BCUT2D eigenvalue weighted by atomic mass is 32.1. The lowest BCUT2D eigenvalue weighted by atomic mass is 10.1. The Balaban J connectivity index is 3.18. The quantitative estimate of drug-likeness (QED) is 0.610. The molecular weight excluding hydrogens is 216 g/mol. The van der Waals surface area contributed by atoms with Crippen LogP contribution in [0.3, 0.4) is 0 Å². The molecule has 0 fully saturated rings. The van der Waals surface area contributed by atoms with Crippen LogP contribution in [-0.2, 0) is 4.74 Å². The van der Waals surface area contributed by atoms with Gasteiger partial charge in [0, 0.05) is 4.90 Å². The summed E-state index contributed by atoms with van der Waals surface area (Å²) < 4.78 is 4.74. The van der Waals surface area contributed by atoms with E-state index in [4.69, 9.17) is 9.84 Å². The normalized spacial score (nSPS) is 9.73. The number of carbonyl (C=O) groups is 2. The van der Waals surface area contributed by atoms with Crippen LogP contribution in [0, 0.1) is 0 Å². The molecule has 1 N–H and O–H groups in total. The molecule has 0 aliphatic carbocycles. The van der Waals surface area contributed by atoms with Gasteiger partial charge in [-0.15, -0.1) is 12.6 Å². The Morgan fingerprint density at radius 3 is 2.60 bits per heavy atom. The van der Waals surface area contributed by atoms with Crippen molar-refractivity contribution in [1.29, 1.82) is 0 Å². The van der Waals surface area contributed by atoms with Crippen molar-refractivity contribution in [1.82, 2.24) is 0 Å². The molecule has 0 aromatic heterocycles. The lowest BCUT2D eigenvalue weighted by Gasteiger charge is -2.05. The van der Waals surface area contributed by atoms with Crippen molar-refractivity contribution >= 4 is 24.6 Å². The molecule has 0 atom stereocenters. The first-order valence-corrected chi connectivity index (χ1v) is 4.74. The number of hydrogen-bond donors (Lipinski definition) is 2. The van der Waals surface area contributed by atoms with Gasteiger partial charge in [-0.25, -0.2) is 9.59 Å². The summed E-state index contributed by atoms with van der Waals surface area (Å²) in [6.45, 7) is 1.86. The van der Waals surface area contributed by atoms with E-state index in [1.807, 2.05) is 0 Å². The number of esters is 1. The van der Waals surface area contributed by atoms with Gasteiger partial charge >= 0.3 is 11.9 Å². The van der Waals surface area contributed by atoms with E-state index < -0.39 is 11.9 Å². The number of aromatic carboxylic acids is 1. The van der Waals surface area contributed by atoms with Crippen LogP contribution < -0.4 is 0 Å². The zero-order chi connectivity index (χ0) is 11.4. The topological polar surface area (TPSA) is 63.6 Å². The first-order valence-electron chi connectivity index (χ1n) is 4.29. The Morgan fingerprint density at radius 2 is 2.07 bits per heavy atom. The largest absolute Gasteiger partial charge is 0.478 e. The second-order valence-electron chi connectivity index (χ2n) is 2.76. The van der Waals surface area contributed by atoms with E-state index in [2.05, 4.69) is 12.6 Å². The highest BCUT2D eigenvalue weighted by molar-refractivity contribution is 7.80. The van der Waals surface area contributed by atoms with Gasteiger partial charge in [0.05, 0.1) is 17.7 Å². The van der Waals surface area contributed by atoms with Crippen LogP contribution in [0.4, 0.5) is 0 Å². The van der Waals surface area contributed by atoms with E-state index in [0.29, 0.717) is 4.90 Å². The number of carbonyl (C=O) groups excluding carboxylic acids is 1. The standard InChI is InChI=1S/C10H10O4S/c1-2-14-10(13)8-5-6(15)3-4-7(8)9(11)12/h3-5,15H,2H2,1H3,(H,11,12). The zero-order valence-electron chi connectivity index (χ0n) is 8.06. The van der Waals surface area contributed by atoms with E-state index in [1.54, 1.807) is 6.92 Å². The second-order valence-corrected chi connectivity index (χ2v) is 3.27. The molecule has 80 valence electrons. The maximum absolute atomic E-state index is 11.4. The first-order chi connectivity index (χ1) is 7.06. The van der Waals surface area contributed by atoms with Crippen LogP contribution in [0.1, 0.15) is 27.6 Å². The van der Waals surface area contributed by atoms with Gasteiger partial charge in [-0.1, -0.05) is 0 Å². The maximum Gasteiger partial charge on any atom is 0.339 e. The molecule has 0 spiro atoms.